The topological polar surface area (TPSA) is 85.5 Å². The number of aromatic nitrogens is 2. The Bertz CT molecular complexity index is 813. The summed E-state index contributed by atoms with van der Waals surface area (Å²) in [5.74, 6) is -0.0361. The molecule has 6 heteroatoms. The molecule has 25 heavy (non-hydrogen) atoms. The van der Waals surface area contributed by atoms with Crippen LogP contribution in [0.25, 0.3) is 11.5 Å². The smallest absolute Gasteiger partial charge is 0.335 e. The van der Waals surface area contributed by atoms with E-state index in [4.69, 9.17) is 14.3 Å². The number of aromatic carboxylic acids is 1. The molecule has 0 fully saturated rings. The van der Waals surface area contributed by atoms with E-state index < -0.39 is 5.97 Å². The summed E-state index contributed by atoms with van der Waals surface area (Å²) in [6.07, 6.45) is 1.42. The van der Waals surface area contributed by atoms with Crippen LogP contribution in [-0.4, -0.2) is 27.9 Å². The fraction of sp³-hybridized carbons (Fsp3) is 0.211. The maximum Gasteiger partial charge on any atom is 0.335 e. The summed E-state index contributed by atoms with van der Waals surface area (Å²) >= 11 is 0. The molecular weight excluding hydrogens is 320 g/mol. The summed E-state index contributed by atoms with van der Waals surface area (Å²) in [6, 6.07) is 16.3. The summed E-state index contributed by atoms with van der Waals surface area (Å²) < 4.78 is 11.2. The van der Waals surface area contributed by atoms with Crippen molar-refractivity contribution in [3.63, 3.8) is 0 Å². The third-order valence-corrected chi connectivity index (χ3v) is 3.64. The number of ether oxygens (including phenoxy) is 1. The molecule has 128 valence electrons. The Labute approximate surface area is 145 Å². The molecule has 0 amide bonds. The fourth-order valence-corrected chi connectivity index (χ4v) is 2.32. The highest BCUT2D eigenvalue weighted by molar-refractivity contribution is 5.88. The monoisotopic (exact) mass is 338 g/mol. The van der Waals surface area contributed by atoms with Crippen molar-refractivity contribution in [3.05, 3.63) is 71.6 Å². The Morgan fingerprint density at radius 2 is 1.80 bits per heavy atom. The summed E-state index contributed by atoms with van der Waals surface area (Å²) in [4.78, 5) is 10.9. The first-order valence-corrected chi connectivity index (χ1v) is 8.00. The van der Waals surface area contributed by atoms with E-state index in [0.29, 0.717) is 37.0 Å². The lowest BCUT2D eigenvalue weighted by Gasteiger charge is -2.02. The van der Waals surface area contributed by atoms with E-state index in [0.717, 1.165) is 12.0 Å². The van der Waals surface area contributed by atoms with Crippen LogP contribution in [0.1, 0.15) is 28.2 Å². The summed E-state index contributed by atoms with van der Waals surface area (Å²) in [5, 5.41) is 16.9. The molecular formula is C19H18N2O4. The summed E-state index contributed by atoms with van der Waals surface area (Å²) in [7, 11) is 0. The second-order valence-electron chi connectivity index (χ2n) is 5.53. The third-order valence-electron chi connectivity index (χ3n) is 3.64. The van der Waals surface area contributed by atoms with Crippen LogP contribution < -0.4 is 0 Å². The van der Waals surface area contributed by atoms with E-state index in [1.165, 1.54) is 12.1 Å². The van der Waals surface area contributed by atoms with Gasteiger partial charge in [-0.05, 0) is 36.2 Å². The predicted octanol–water partition coefficient (Wildman–Crippen LogP) is 3.58. The van der Waals surface area contributed by atoms with Crippen molar-refractivity contribution in [2.45, 2.75) is 19.4 Å². The van der Waals surface area contributed by atoms with E-state index in [1.54, 1.807) is 12.1 Å². The largest absolute Gasteiger partial charge is 0.478 e. The molecule has 1 aromatic heterocycles. The standard InChI is InChI=1S/C19H18N2O4/c22-19(23)16-10-8-15(9-11-16)18-21-20-17(25-18)7-4-12-24-13-14-5-2-1-3-6-14/h1-3,5-6,8-11H,4,7,12-13H2,(H,22,23). The maximum atomic E-state index is 10.9. The first-order valence-electron chi connectivity index (χ1n) is 8.00. The number of nitrogens with zero attached hydrogens (tertiary/aromatic N) is 2. The van der Waals surface area contributed by atoms with Crippen LogP contribution in [0.3, 0.4) is 0 Å². The summed E-state index contributed by atoms with van der Waals surface area (Å²) in [6.45, 7) is 1.20. The molecule has 0 aliphatic carbocycles. The lowest BCUT2D eigenvalue weighted by atomic mass is 10.1. The zero-order chi connectivity index (χ0) is 17.5. The van der Waals surface area contributed by atoms with Crippen LogP contribution >= 0.6 is 0 Å². The van der Waals surface area contributed by atoms with Gasteiger partial charge in [-0.3, -0.25) is 0 Å². The van der Waals surface area contributed by atoms with Gasteiger partial charge in [-0.1, -0.05) is 30.3 Å². The van der Waals surface area contributed by atoms with Crippen molar-refractivity contribution >= 4 is 5.97 Å². The van der Waals surface area contributed by atoms with Gasteiger partial charge in [-0.2, -0.15) is 0 Å². The molecule has 3 rings (SSSR count). The number of hydrogen-bond acceptors (Lipinski definition) is 5. The van der Waals surface area contributed by atoms with E-state index in [2.05, 4.69) is 10.2 Å². The van der Waals surface area contributed by atoms with Crippen LogP contribution in [0, 0.1) is 0 Å². The molecule has 0 aliphatic rings. The SMILES string of the molecule is O=C(O)c1ccc(-c2nnc(CCCOCc3ccccc3)o2)cc1. The van der Waals surface area contributed by atoms with Gasteiger partial charge in [-0.15, -0.1) is 10.2 Å². The Morgan fingerprint density at radius 3 is 2.52 bits per heavy atom. The number of rotatable bonds is 8. The Balaban J connectivity index is 1.46. The highest BCUT2D eigenvalue weighted by Gasteiger charge is 2.09. The minimum absolute atomic E-state index is 0.221. The Morgan fingerprint density at radius 1 is 1.04 bits per heavy atom. The first kappa shape index (κ1) is 16.9. The minimum Gasteiger partial charge on any atom is -0.478 e. The van der Waals surface area contributed by atoms with Crippen molar-refractivity contribution in [1.82, 2.24) is 10.2 Å². The molecule has 2 aromatic carbocycles. The Kier molecular flexibility index (Phi) is 5.53. The molecule has 3 aromatic rings. The average Bonchev–Trinajstić information content (AvgIpc) is 3.11. The zero-order valence-electron chi connectivity index (χ0n) is 13.6. The molecule has 0 saturated carbocycles. The van der Waals surface area contributed by atoms with Gasteiger partial charge in [0.25, 0.3) is 0 Å². The van der Waals surface area contributed by atoms with E-state index in [9.17, 15) is 4.79 Å². The van der Waals surface area contributed by atoms with Crippen LogP contribution in [0.4, 0.5) is 0 Å². The molecule has 0 aliphatic heterocycles. The van der Waals surface area contributed by atoms with Crippen LogP contribution in [0.5, 0.6) is 0 Å². The lowest BCUT2D eigenvalue weighted by Crippen LogP contribution is -1.97. The van der Waals surface area contributed by atoms with Gasteiger partial charge in [-0.25, -0.2) is 4.79 Å². The predicted molar refractivity (Wildman–Crippen MR) is 91.1 cm³/mol. The van der Waals surface area contributed by atoms with Crippen molar-refractivity contribution in [3.8, 4) is 11.5 Å². The van der Waals surface area contributed by atoms with Crippen molar-refractivity contribution < 1.29 is 19.1 Å². The quantitative estimate of drug-likeness (QED) is 0.632. The van der Waals surface area contributed by atoms with Gasteiger partial charge >= 0.3 is 5.97 Å². The number of benzene rings is 2. The second kappa shape index (κ2) is 8.21. The van der Waals surface area contributed by atoms with E-state index in [1.807, 2.05) is 30.3 Å². The normalized spacial score (nSPS) is 10.7. The number of aryl methyl sites for hydroxylation is 1. The highest BCUT2D eigenvalue weighted by Crippen LogP contribution is 2.19. The van der Waals surface area contributed by atoms with Gasteiger partial charge in [0.1, 0.15) is 0 Å². The molecule has 0 spiro atoms. The fourth-order valence-electron chi connectivity index (χ4n) is 2.32. The number of carbonyl (C=O) groups is 1. The zero-order valence-corrected chi connectivity index (χ0v) is 13.6. The molecule has 1 heterocycles. The van der Waals surface area contributed by atoms with E-state index >= 15 is 0 Å². The highest BCUT2D eigenvalue weighted by atomic mass is 16.5. The van der Waals surface area contributed by atoms with Gasteiger partial charge in [0.2, 0.25) is 11.8 Å². The van der Waals surface area contributed by atoms with Gasteiger partial charge in [0.05, 0.1) is 12.2 Å². The molecule has 0 saturated heterocycles. The van der Waals surface area contributed by atoms with Gasteiger partial charge in [0.15, 0.2) is 0 Å². The van der Waals surface area contributed by atoms with Crippen molar-refractivity contribution in [2.75, 3.05) is 6.61 Å². The first-order chi connectivity index (χ1) is 12.2. The number of hydrogen-bond donors (Lipinski definition) is 1. The van der Waals surface area contributed by atoms with Crippen LogP contribution in [0.2, 0.25) is 0 Å². The minimum atomic E-state index is -0.965. The average molecular weight is 338 g/mol. The number of carboxylic acid groups (broad SMARTS) is 1. The molecule has 0 atom stereocenters. The van der Waals surface area contributed by atoms with Crippen LogP contribution in [0.15, 0.2) is 59.0 Å². The number of carboxylic acids is 1. The molecule has 0 radical (unpaired) electrons. The molecule has 0 unspecified atom stereocenters. The van der Waals surface area contributed by atoms with Crippen molar-refractivity contribution in [2.24, 2.45) is 0 Å². The summed E-state index contributed by atoms with van der Waals surface area (Å²) in [5.41, 5.74) is 2.07. The van der Waals surface area contributed by atoms with E-state index in [-0.39, 0.29) is 5.56 Å². The second-order valence-corrected chi connectivity index (χ2v) is 5.53. The van der Waals surface area contributed by atoms with Crippen molar-refractivity contribution in [1.29, 1.82) is 0 Å². The van der Waals surface area contributed by atoms with Crippen LogP contribution in [-0.2, 0) is 17.8 Å². The maximum absolute atomic E-state index is 10.9. The molecule has 6 nitrogen and oxygen atoms in total. The lowest BCUT2D eigenvalue weighted by molar-refractivity contribution is 0.0697. The Hall–Kier alpha value is -2.99. The molecule has 0 bridgehead atoms. The third kappa shape index (κ3) is 4.74. The molecule has 1 N–H and O–H groups in total. The van der Waals surface area contributed by atoms with Gasteiger partial charge in [0, 0.05) is 18.6 Å². The van der Waals surface area contributed by atoms with Gasteiger partial charge < -0.3 is 14.3 Å².